The summed E-state index contributed by atoms with van der Waals surface area (Å²) in [5.74, 6) is 1.09. The zero-order valence-corrected chi connectivity index (χ0v) is 20.0. The second-order valence-corrected chi connectivity index (χ2v) is 18.1. The van der Waals surface area contributed by atoms with Crippen molar-refractivity contribution in [1.82, 2.24) is 0 Å². The lowest BCUT2D eigenvalue weighted by atomic mass is 10.0. The summed E-state index contributed by atoms with van der Waals surface area (Å²) in [6.45, 7) is 17.2. The van der Waals surface area contributed by atoms with Crippen molar-refractivity contribution >= 4 is 28.2 Å². The van der Waals surface area contributed by atoms with E-state index in [-0.39, 0.29) is 11.8 Å². The van der Waals surface area contributed by atoms with E-state index in [4.69, 9.17) is 4.12 Å². The Hall–Kier alpha value is -0.266. The smallest absolute Gasteiger partial charge is 0.173 e. The van der Waals surface area contributed by atoms with E-state index in [1.165, 1.54) is 0 Å². The van der Waals surface area contributed by atoms with E-state index in [0.29, 0.717) is 24.4 Å². The molecule has 0 saturated heterocycles. The fraction of sp³-hybridized carbons (Fsp3) is 0.900. The number of hydrogen-bond donors (Lipinski definition) is 0. The largest absolute Gasteiger partial charge is 0.455 e. The minimum absolute atomic E-state index is 0.162. The first-order valence-electron chi connectivity index (χ1n) is 10.1. The number of unbranched alkanes of at least 4 members (excludes halogenated alkanes) is 2. The first kappa shape index (κ1) is 24.7. The van der Waals surface area contributed by atoms with Crippen LogP contribution in [0.2, 0.25) is 38.3 Å². The average Bonchev–Trinajstić information content (AvgIpc) is 2.46. The molecule has 0 unspecified atom stereocenters. The normalized spacial score (nSPS) is 12.9. The average molecular weight is 387 g/mol. The molecule has 0 spiro atoms. The van der Waals surface area contributed by atoms with Crippen LogP contribution in [0, 0.1) is 11.8 Å². The molecule has 0 aromatic heterocycles. The van der Waals surface area contributed by atoms with Gasteiger partial charge in [0, 0.05) is 24.7 Å². The molecular formula is C20H42O3Si2. The summed E-state index contributed by atoms with van der Waals surface area (Å²) in [6.07, 6.45) is 5.63. The number of rotatable bonds is 14. The van der Waals surface area contributed by atoms with Gasteiger partial charge in [0.25, 0.3) is 0 Å². The molecule has 0 fully saturated rings. The quantitative estimate of drug-likeness (QED) is 0.263. The Morgan fingerprint density at radius 1 is 0.680 bits per heavy atom. The maximum atomic E-state index is 11.7. The van der Waals surface area contributed by atoms with Crippen LogP contribution in [-0.4, -0.2) is 28.2 Å². The number of Topliss-reactive ketones (excluding diaryl/α,β-unsaturated/α-hetero) is 2. The lowest BCUT2D eigenvalue weighted by Gasteiger charge is -2.34. The third kappa shape index (κ3) is 12.7. The molecule has 0 amide bonds. The van der Waals surface area contributed by atoms with Crippen molar-refractivity contribution < 1.29 is 13.7 Å². The van der Waals surface area contributed by atoms with E-state index in [1.54, 1.807) is 0 Å². The van der Waals surface area contributed by atoms with Crippen LogP contribution in [0.4, 0.5) is 0 Å². The Labute approximate surface area is 158 Å². The highest BCUT2D eigenvalue weighted by molar-refractivity contribution is 6.84. The molecule has 0 heterocycles. The molecule has 0 aliphatic carbocycles. The van der Waals surface area contributed by atoms with Crippen LogP contribution in [0.15, 0.2) is 0 Å². The molecule has 0 atom stereocenters. The van der Waals surface area contributed by atoms with Gasteiger partial charge in [0.1, 0.15) is 11.6 Å². The second-order valence-electron chi connectivity index (χ2n) is 9.28. The van der Waals surface area contributed by atoms with Gasteiger partial charge < -0.3 is 4.12 Å². The molecule has 3 nitrogen and oxygen atoms in total. The van der Waals surface area contributed by atoms with Crippen LogP contribution in [0.1, 0.15) is 66.2 Å². The van der Waals surface area contributed by atoms with Crippen LogP contribution in [0.25, 0.3) is 0 Å². The topological polar surface area (TPSA) is 43.4 Å². The van der Waals surface area contributed by atoms with Crippen LogP contribution >= 0.6 is 0 Å². The number of carbonyl (C=O) groups is 2. The third-order valence-electron chi connectivity index (χ3n) is 4.74. The molecule has 5 heteroatoms. The van der Waals surface area contributed by atoms with Gasteiger partial charge in [-0.15, -0.1) is 0 Å². The minimum Gasteiger partial charge on any atom is -0.455 e. The van der Waals surface area contributed by atoms with E-state index in [9.17, 15) is 9.59 Å². The highest BCUT2D eigenvalue weighted by atomic mass is 28.4. The minimum atomic E-state index is -1.65. The van der Waals surface area contributed by atoms with Gasteiger partial charge in [0.15, 0.2) is 16.6 Å². The summed E-state index contributed by atoms with van der Waals surface area (Å²) in [6, 6.07) is 2.28. The van der Waals surface area contributed by atoms with Gasteiger partial charge in [-0.05, 0) is 51.1 Å². The van der Waals surface area contributed by atoms with E-state index < -0.39 is 16.6 Å². The van der Waals surface area contributed by atoms with Gasteiger partial charge in [-0.3, -0.25) is 9.59 Å². The fourth-order valence-electron chi connectivity index (χ4n) is 3.13. The van der Waals surface area contributed by atoms with Gasteiger partial charge in [0.2, 0.25) is 0 Å². The van der Waals surface area contributed by atoms with Gasteiger partial charge in [0.05, 0.1) is 0 Å². The van der Waals surface area contributed by atoms with Crippen molar-refractivity contribution in [2.75, 3.05) is 0 Å². The van der Waals surface area contributed by atoms with Crippen molar-refractivity contribution in [2.24, 2.45) is 11.8 Å². The molecule has 0 N–H and O–H groups in total. The Bertz CT molecular complexity index is 377. The van der Waals surface area contributed by atoms with Gasteiger partial charge in [-0.2, -0.15) is 0 Å². The Kier molecular flexibility index (Phi) is 11.3. The monoisotopic (exact) mass is 386 g/mol. The summed E-state index contributed by atoms with van der Waals surface area (Å²) in [5, 5.41) is 0. The molecule has 148 valence electrons. The number of carbonyl (C=O) groups excluding carboxylic acids is 2. The van der Waals surface area contributed by atoms with Crippen LogP contribution in [0.3, 0.4) is 0 Å². The van der Waals surface area contributed by atoms with E-state index in [0.717, 1.165) is 37.8 Å². The van der Waals surface area contributed by atoms with Gasteiger partial charge in [-0.1, -0.05) is 40.5 Å². The molecule has 0 saturated carbocycles. The molecular weight excluding hydrogens is 344 g/mol. The fourth-order valence-corrected chi connectivity index (χ4v) is 12.1. The Morgan fingerprint density at radius 3 is 1.28 bits per heavy atom. The zero-order chi connectivity index (χ0) is 19.7. The summed E-state index contributed by atoms with van der Waals surface area (Å²) in [7, 11) is -3.31. The summed E-state index contributed by atoms with van der Waals surface area (Å²) in [5.41, 5.74) is 0. The van der Waals surface area contributed by atoms with Crippen LogP contribution in [-0.2, 0) is 13.7 Å². The summed E-state index contributed by atoms with van der Waals surface area (Å²) < 4.78 is 6.64. The number of ketones is 2. The van der Waals surface area contributed by atoms with Gasteiger partial charge in [-0.25, -0.2) is 0 Å². The van der Waals surface area contributed by atoms with Crippen molar-refractivity contribution in [3.8, 4) is 0 Å². The standard InChI is InChI=1S/C20H42O3Si2/c1-17(2)19(21)13-9-11-15-24(5,6)23-25(7,8)16-12-10-14-20(22)18(3)4/h17-18H,9-16H2,1-8H3. The first-order chi connectivity index (χ1) is 11.4. The maximum absolute atomic E-state index is 11.7. The Morgan fingerprint density at radius 2 is 1.00 bits per heavy atom. The molecule has 0 aliphatic heterocycles. The second kappa shape index (κ2) is 11.4. The highest BCUT2D eigenvalue weighted by Crippen LogP contribution is 2.25. The van der Waals surface area contributed by atoms with E-state index in [2.05, 4.69) is 26.2 Å². The predicted octanol–water partition coefficient (Wildman–Crippen LogP) is 6.20. The third-order valence-corrected chi connectivity index (χ3v) is 12.3. The van der Waals surface area contributed by atoms with Crippen molar-refractivity contribution in [3.05, 3.63) is 0 Å². The van der Waals surface area contributed by atoms with E-state index >= 15 is 0 Å². The molecule has 0 rings (SSSR count). The van der Waals surface area contributed by atoms with Crippen molar-refractivity contribution in [1.29, 1.82) is 0 Å². The first-order valence-corrected chi connectivity index (χ1v) is 16.3. The molecule has 0 aromatic carbocycles. The number of hydrogen-bond acceptors (Lipinski definition) is 3. The van der Waals surface area contributed by atoms with Crippen LogP contribution in [0.5, 0.6) is 0 Å². The molecule has 0 radical (unpaired) electrons. The van der Waals surface area contributed by atoms with Crippen molar-refractivity contribution in [2.45, 2.75) is 104 Å². The summed E-state index contributed by atoms with van der Waals surface area (Å²) >= 11 is 0. The van der Waals surface area contributed by atoms with Crippen LogP contribution < -0.4 is 0 Å². The predicted molar refractivity (Wildman–Crippen MR) is 113 cm³/mol. The highest BCUT2D eigenvalue weighted by Gasteiger charge is 2.32. The SMILES string of the molecule is CC(C)C(=O)CCCC[Si](C)(C)O[Si](C)(C)CCCCC(=O)C(C)C. The zero-order valence-electron chi connectivity index (χ0n) is 18.0. The Balaban J connectivity index is 4.10. The van der Waals surface area contributed by atoms with Gasteiger partial charge >= 0.3 is 0 Å². The molecule has 0 aliphatic rings. The maximum Gasteiger partial charge on any atom is 0.173 e. The van der Waals surface area contributed by atoms with Crippen molar-refractivity contribution in [3.63, 3.8) is 0 Å². The molecule has 0 bridgehead atoms. The lowest BCUT2D eigenvalue weighted by molar-refractivity contribution is -0.122. The molecule has 0 aromatic rings. The molecule has 25 heavy (non-hydrogen) atoms. The van der Waals surface area contributed by atoms with E-state index in [1.807, 2.05) is 27.7 Å². The lowest BCUT2D eigenvalue weighted by Crippen LogP contribution is -2.44. The summed E-state index contributed by atoms with van der Waals surface area (Å²) in [4.78, 5) is 23.4.